The van der Waals surface area contributed by atoms with Crippen LogP contribution in [0, 0.1) is 0 Å². The first-order chi connectivity index (χ1) is 41.4. The number of hydrogen-bond acceptors (Lipinski definition) is 15. The van der Waals surface area contributed by atoms with Crippen molar-refractivity contribution < 1.29 is 19.2 Å². The molecule has 4 aromatic carbocycles. The van der Waals surface area contributed by atoms with E-state index in [0.717, 1.165) is 91.2 Å². The number of carbonyl (C=O) groups is 4. The Kier molecular flexibility index (Phi) is 19.9. The number of anilines is 10. The van der Waals surface area contributed by atoms with Gasteiger partial charge in [0.25, 0.3) is 11.8 Å². The van der Waals surface area contributed by atoms with Gasteiger partial charge >= 0.3 is 0 Å². The molecule has 0 unspecified atom stereocenters. The first-order valence-corrected chi connectivity index (χ1v) is 29.3. The van der Waals surface area contributed by atoms with Crippen LogP contribution < -0.4 is 42.5 Å². The van der Waals surface area contributed by atoms with Crippen molar-refractivity contribution in [3.63, 3.8) is 0 Å². The molecule has 0 aliphatic heterocycles. The molecule has 4 amide bonds. The molecule has 0 spiro atoms. The van der Waals surface area contributed by atoms with E-state index in [9.17, 15) is 19.2 Å². The highest BCUT2D eigenvalue weighted by molar-refractivity contribution is 6.06. The van der Waals surface area contributed by atoms with E-state index in [4.69, 9.17) is 15.0 Å². The minimum absolute atomic E-state index is 0.182. The predicted octanol–water partition coefficient (Wildman–Crippen LogP) is 12.1. The number of imidazole rings is 1. The maximum absolute atomic E-state index is 12.9. The summed E-state index contributed by atoms with van der Waals surface area (Å²) >= 11 is 0. The van der Waals surface area contributed by atoms with Crippen LogP contribution in [0.1, 0.15) is 117 Å². The SMILES string of the molecule is C=CC(=O)Nc1ccc(C(=O)Nc2cccc(Nc3cc(NC4CCC(N(C)C)CC4)nc4c(C(C)C)cnn34)c2)cc1.C=CC(=O)Nc1ccc(C(=O)Nc2cccc(Nc3nc(NC4CCC(N(C)C)CC4)nc4c3ncn4C(C)C)c2)cc1. The third-order valence-electron chi connectivity index (χ3n) is 15.6. The minimum Gasteiger partial charge on any atom is -0.367 e. The Balaban J connectivity index is 0.000000205. The second-order valence-corrected chi connectivity index (χ2v) is 22.9. The van der Waals surface area contributed by atoms with Crippen LogP contribution in [0.3, 0.4) is 0 Å². The van der Waals surface area contributed by atoms with Gasteiger partial charge in [0.05, 0.1) is 12.5 Å². The highest BCUT2D eigenvalue weighted by Gasteiger charge is 2.26. The summed E-state index contributed by atoms with van der Waals surface area (Å²) in [5, 5.41) is 30.1. The van der Waals surface area contributed by atoms with Crippen LogP contribution in [-0.4, -0.2) is 120 Å². The quantitative estimate of drug-likeness (QED) is 0.0331. The van der Waals surface area contributed by atoms with E-state index in [1.807, 2.05) is 69.9 Å². The van der Waals surface area contributed by atoms with Crippen molar-refractivity contribution in [1.29, 1.82) is 0 Å². The van der Waals surface area contributed by atoms with E-state index >= 15 is 0 Å². The molecule has 8 aromatic rings. The Morgan fingerprint density at radius 1 is 0.570 bits per heavy atom. The molecule has 448 valence electrons. The fourth-order valence-electron chi connectivity index (χ4n) is 10.7. The molecule has 21 heteroatoms. The van der Waals surface area contributed by atoms with Gasteiger partial charge < -0.3 is 56.9 Å². The Morgan fingerprint density at radius 2 is 1.07 bits per heavy atom. The Labute approximate surface area is 502 Å². The third-order valence-corrected chi connectivity index (χ3v) is 15.6. The van der Waals surface area contributed by atoms with Crippen molar-refractivity contribution in [3.05, 3.63) is 158 Å². The van der Waals surface area contributed by atoms with Gasteiger partial charge in [0.1, 0.15) is 11.6 Å². The zero-order valence-electron chi connectivity index (χ0n) is 50.3. The lowest BCUT2D eigenvalue weighted by Gasteiger charge is -2.33. The molecule has 0 atom stereocenters. The van der Waals surface area contributed by atoms with Gasteiger partial charge in [-0.3, -0.25) is 19.2 Å². The van der Waals surface area contributed by atoms with Gasteiger partial charge in [0, 0.05) is 87.1 Å². The van der Waals surface area contributed by atoms with E-state index in [2.05, 4.69) is 131 Å². The zero-order valence-corrected chi connectivity index (χ0v) is 50.3. The summed E-state index contributed by atoms with van der Waals surface area (Å²) in [6.07, 6.45) is 15.0. The van der Waals surface area contributed by atoms with E-state index in [1.54, 1.807) is 54.9 Å². The summed E-state index contributed by atoms with van der Waals surface area (Å²) in [5.41, 5.74) is 8.24. The number of carbonyl (C=O) groups excluding carboxylic acids is 4. The summed E-state index contributed by atoms with van der Waals surface area (Å²) in [6.45, 7) is 15.4. The van der Waals surface area contributed by atoms with Gasteiger partial charge in [0.2, 0.25) is 17.8 Å². The Morgan fingerprint density at radius 3 is 1.56 bits per heavy atom. The second kappa shape index (κ2) is 27.9. The molecule has 2 aliphatic rings. The number of nitrogens with one attached hydrogen (secondary N) is 8. The van der Waals surface area contributed by atoms with Crippen molar-refractivity contribution in [3.8, 4) is 0 Å². The smallest absolute Gasteiger partial charge is 0.255 e. The number of amides is 4. The van der Waals surface area contributed by atoms with Crippen LogP contribution in [0.15, 0.2) is 141 Å². The predicted molar refractivity (Wildman–Crippen MR) is 345 cm³/mol. The molecule has 0 saturated heterocycles. The van der Waals surface area contributed by atoms with E-state index in [-0.39, 0.29) is 35.6 Å². The molecule has 2 fully saturated rings. The Bertz CT molecular complexity index is 3450. The maximum Gasteiger partial charge on any atom is 0.255 e. The van der Waals surface area contributed by atoms with E-state index < -0.39 is 0 Å². The number of fused-ring (bicyclic) bond motifs is 2. The number of benzene rings is 4. The lowest BCUT2D eigenvalue weighted by atomic mass is 9.90. The topological polar surface area (TPSA) is 245 Å². The normalized spacial score (nSPS) is 16.7. The molecule has 4 aromatic heterocycles. The minimum atomic E-state index is -0.312. The van der Waals surface area contributed by atoms with Gasteiger partial charge in [-0.05, 0) is 196 Å². The largest absolute Gasteiger partial charge is 0.367 e. The van der Waals surface area contributed by atoms with Gasteiger partial charge in [-0.25, -0.2) is 9.97 Å². The van der Waals surface area contributed by atoms with Gasteiger partial charge in [-0.2, -0.15) is 19.6 Å². The summed E-state index contributed by atoms with van der Waals surface area (Å²) in [6, 6.07) is 32.4. The maximum atomic E-state index is 12.9. The second-order valence-electron chi connectivity index (χ2n) is 22.9. The third kappa shape index (κ3) is 15.6. The van der Waals surface area contributed by atoms with Crippen LogP contribution in [0.5, 0.6) is 0 Å². The number of hydrogen-bond donors (Lipinski definition) is 8. The van der Waals surface area contributed by atoms with Crippen molar-refractivity contribution >= 4 is 98.0 Å². The first kappa shape index (κ1) is 61.1. The summed E-state index contributed by atoms with van der Waals surface area (Å²) in [7, 11) is 8.60. The van der Waals surface area contributed by atoms with Gasteiger partial charge in [0.15, 0.2) is 22.6 Å². The number of rotatable bonds is 20. The molecule has 4 heterocycles. The van der Waals surface area contributed by atoms with Crippen molar-refractivity contribution in [1.82, 2.24) is 43.9 Å². The van der Waals surface area contributed by atoms with Crippen molar-refractivity contribution in [2.24, 2.45) is 0 Å². The van der Waals surface area contributed by atoms with Crippen LogP contribution in [0.25, 0.3) is 16.8 Å². The molecule has 21 nitrogen and oxygen atoms in total. The first-order valence-electron chi connectivity index (χ1n) is 29.3. The van der Waals surface area contributed by atoms with Crippen molar-refractivity contribution in [2.75, 3.05) is 70.7 Å². The highest BCUT2D eigenvalue weighted by Crippen LogP contribution is 2.32. The Hall–Kier alpha value is -9.47. The molecule has 0 radical (unpaired) electrons. The molecule has 2 saturated carbocycles. The monoisotopic (exact) mass is 1160 g/mol. The zero-order chi connectivity index (χ0) is 61.0. The summed E-state index contributed by atoms with van der Waals surface area (Å²) in [4.78, 5) is 72.9. The van der Waals surface area contributed by atoms with Gasteiger partial charge in [-0.15, -0.1) is 0 Å². The molecule has 2 aliphatic carbocycles. The fraction of sp³-hybridized carbons (Fsp3) is 0.338. The molecular formula is C65H79N17O4. The molecule has 86 heavy (non-hydrogen) atoms. The average Bonchev–Trinajstić information content (AvgIpc) is 4.05. The van der Waals surface area contributed by atoms with Crippen molar-refractivity contribution in [2.45, 2.75) is 115 Å². The highest BCUT2D eigenvalue weighted by atomic mass is 16.2. The number of aromatic nitrogens is 7. The lowest BCUT2D eigenvalue weighted by Crippen LogP contribution is -2.36. The van der Waals surface area contributed by atoms with Crippen LogP contribution in [0.4, 0.5) is 57.5 Å². The van der Waals surface area contributed by atoms with E-state index in [1.165, 1.54) is 12.2 Å². The molecular weight excluding hydrogens is 1080 g/mol. The summed E-state index contributed by atoms with van der Waals surface area (Å²) < 4.78 is 3.88. The summed E-state index contributed by atoms with van der Waals surface area (Å²) in [5.74, 6) is 1.90. The van der Waals surface area contributed by atoms with E-state index in [0.29, 0.717) is 75.3 Å². The standard InChI is InChI=1S/C33H40N8O2.C32H39N9O2/c1-6-31(42)37-24-12-10-22(11-13-24)33(43)38-26-9-7-8-25(18-26)36-30-19-29(35-23-14-16-27(17-15-23)40(4)5)39-32-28(21(2)3)20-34-41(30)32;1-6-27(42)34-22-12-10-21(11-13-22)31(43)36-25-9-7-8-24(18-25)35-29-28-30(41(19-33-28)20(2)3)39-32(38-29)37-23-14-16-26(17-15-23)40(4)5/h6-13,18-21,23,27,36H,1,14-17H2,2-5H3,(H,35,39)(H,37,42)(H,38,43);6-13,18-20,23,26H,1,14-17H2,2-5H3,(H,34,42)(H,36,43)(H2,35,37,38,39). The van der Waals surface area contributed by atoms with Crippen LogP contribution >= 0.6 is 0 Å². The van der Waals surface area contributed by atoms with Crippen LogP contribution in [-0.2, 0) is 9.59 Å². The lowest BCUT2D eigenvalue weighted by molar-refractivity contribution is -0.112. The molecule has 8 N–H and O–H groups in total. The van der Waals surface area contributed by atoms with Gasteiger partial charge in [-0.1, -0.05) is 39.1 Å². The fourth-order valence-corrected chi connectivity index (χ4v) is 10.7. The van der Waals surface area contributed by atoms with Crippen LogP contribution in [0.2, 0.25) is 0 Å². The molecule has 10 rings (SSSR count). The molecule has 0 bridgehead atoms. The average molecular weight is 1160 g/mol. The number of nitrogens with zero attached hydrogens (tertiary/aromatic N) is 9.